The van der Waals surface area contributed by atoms with Crippen molar-refractivity contribution in [2.75, 3.05) is 0 Å². The predicted octanol–water partition coefficient (Wildman–Crippen LogP) is 4.58. The number of hydrogen-bond acceptors (Lipinski definition) is 3. The summed E-state index contributed by atoms with van der Waals surface area (Å²) in [5, 5.41) is 0.524. The van der Waals surface area contributed by atoms with Gasteiger partial charge in [-0.15, -0.1) is 0 Å². The Bertz CT molecular complexity index is 1030. The number of alkyl halides is 2. The van der Waals surface area contributed by atoms with Gasteiger partial charge in [0, 0.05) is 29.5 Å². The van der Waals surface area contributed by atoms with Crippen LogP contribution in [0.15, 0.2) is 47.4 Å². The normalized spacial score (nSPS) is 22.0. The lowest BCUT2D eigenvalue weighted by Crippen LogP contribution is -2.26. The fraction of sp³-hybridized carbons (Fsp3) is 0.316. The van der Waals surface area contributed by atoms with Gasteiger partial charge >= 0.3 is 0 Å². The van der Waals surface area contributed by atoms with Gasteiger partial charge in [0.2, 0.25) is 0 Å². The van der Waals surface area contributed by atoms with E-state index in [4.69, 9.17) is 11.6 Å². The molecule has 0 amide bonds. The van der Waals surface area contributed by atoms with Crippen molar-refractivity contribution in [2.24, 2.45) is 5.92 Å². The summed E-state index contributed by atoms with van der Waals surface area (Å²) in [5.74, 6) is -3.68. The Morgan fingerprint density at radius 2 is 1.96 bits per heavy atom. The summed E-state index contributed by atoms with van der Waals surface area (Å²) < 4.78 is 29.7. The van der Waals surface area contributed by atoms with Gasteiger partial charge in [0.1, 0.15) is 5.82 Å². The number of pyridine rings is 1. The molecular formula is C19H16ClF2N3O. The van der Waals surface area contributed by atoms with Gasteiger partial charge in [0.05, 0.1) is 11.2 Å². The van der Waals surface area contributed by atoms with Gasteiger partial charge in [0.25, 0.3) is 11.5 Å². The topological polar surface area (TPSA) is 47.8 Å². The van der Waals surface area contributed by atoms with Crippen LogP contribution in [0.25, 0.3) is 16.7 Å². The number of benzene rings is 1. The summed E-state index contributed by atoms with van der Waals surface area (Å²) in [7, 11) is 0. The Labute approximate surface area is 153 Å². The minimum absolute atomic E-state index is 0.212. The third-order valence-electron chi connectivity index (χ3n) is 4.98. The van der Waals surface area contributed by atoms with E-state index in [0.717, 1.165) is 0 Å². The third-order valence-corrected chi connectivity index (χ3v) is 5.24. The Morgan fingerprint density at radius 1 is 1.23 bits per heavy atom. The molecule has 0 N–H and O–H groups in total. The van der Waals surface area contributed by atoms with Gasteiger partial charge in [-0.1, -0.05) is 18.5 Å². The van der Waals surface area contributed by atoms with Gasteiger partial charge in [-0.25, -0.2) is 18.7 Å². The maximum Gasteiger partial charge on any atom is 0.284 e. The Hall–Kier alpha value is -2.34. The average molecular weight is 376 g/mol. The molecule has 26 heavy (non-hydrogen) atoms. The molecule has 0 aliphatic heterocycles. The summed E-state index contributed by atoms with van der Waals surface area (Å²) in [5.41, 5.74) is 0.803. The number of aromatic nitrogens is 3. The molecule has 3 aromatic rings. The average Bonchev–Trinajstić information content (AvgIpc) is 2.89. The first-order valence-corrected chi connectivity index (χ1v) is 8.76. The van der Waals surface area contributed by atoms with Crippen molar-refractivity contribution in [1.29, 1.82) is 0 Å². The molecule has 1 fully saturated rings. The molecule has 1 saturated carbocycles. The summed E-state index contributed by atoms with van der Waals surface area (Å²) in [6, 6.07) is 10.0. The quantitative estimate of drug-likeness (QED) is 0.658. The van der Waals surface area contributed by atoms with Crippen molar-refractivity contribution in [3.8, 4) is 5.69 Å². The lowest BCUT2D eigenvalue weighted by molar-refractivity contribution is -0.0309. The molecule has 7 heteroatoms. The zero-order valence-corrected chi connectivity index (χ0v) is 14.8. The molecule has 2 unspecified atom stereocenters. The molecule has 1 aliphatic rings. The van der Waals surface area contributed by atoms with Crippen LogP contribution in [-0.4, -0.2) is 20.5 Å². The van der Waals surface area contributed by atoms with E-state index in [-0.39, 0.29) is 23.9 Å². The zero-order chi connectivity index (χ0) is 18.5. The molecule has 2 aromatic heterocycles. The Morgan fingerprint density at radius 3 is 2.62 bits per heavy atom. The monoisotopic (exact) mass is 375 g/mol. The zero-order valence-electron chi connectivity index (χ0n) is 14.0. The van der Waals surface area contributed by atoms with Crippen molar-refractivity contribution in [3.63, 3.8) is 0 Å². The Balaban J connectivity index is 1.97. The molecule has 2 heterocycles. The lowest BCUT2D eigenvalue weighted by atomic mass is 10.0. The van der Waals surface area contributed by atoms with Crippen LogP contribution in [0.4, 0.5) is 8.78 Å². The first-order chi connectivity index (χ1) is 12.4. The van der Waals surface area contributed by atoms with Crippen LogP contribution in [0, 0.1) is 5.92 Å². The van der Waals surface area contributed by atoms with E-state index in [9.17, 15) is 13.6 Å². The first-order valence-electron chi connectivity index (χ1n) is 8.38. The van der Waals surface area contributed by atoms with Crippen LogP contribution in [-0.2, 0) is 0 Å². The molecule has 1 aliphatic carbocycles. The molecule has 0 radical (unpaired) electrons. The van der Waals surface area contributed by atoms with E-state index in [2.05, 4.69) is 9.97 Å². The van der Waals surface area contributed by atoms with Gasteiger partial charge in [-0.3, -0.25) is 9.36 Å². The van der Waals surface area contributed by atoms with E-state index >= 15 is 0 Å². The molecule has 0 spiro atoms. The smallest absolute Gasteiger partial charge is 0.266 e. The van der Waals surface area contributed by atoms with E-state index in [1.807, 2.05) is 0 Å². The predicted molar refractivity (Wildman–Crippen MR) is 96.2 cm³/mol. The van der Waals surface area contributed by atoms with E-state index < -0.39 is 17.8 Å². The maximum absolute atomic E-state index is 14.1. The molecular weight excluding hydrogens is 360 g/mol. The van der Waals surface area contributed by atoms with Crippen LogP contribution in [0.2, 0.25) is 5.02 Å². The van der Waals surface area contributed by atoms with Crippen molar-refractivity contribution in [3.05, 3.63) is 63.8 Å². The van der Waals surface area contributed by atoms with Crippen molar-refractivity contribution in [2.45, 2.75) is 31.6 Å². The second-order valence-electron chi connectivity index (χ2n) is 6.76. The summed E-state index contributed by atoms with van der Waals surface area (Å²) in [4.78, 5) is 21.8. The fourth-order valence-corrected chi connectivity index (χ4v) is 3.68. The van der Waals surface area contributed by atoms with Crippen LogP contribution >= 0.6 is 11.6 Å². The van der Waals surface area contributed by atoms with Crippen molar-refractivity contribution in [1.82, 2.24) is 14.5 Å². The van der Waals surface area contributed by atoms with Crippen molar-refractivity contribution >= 4 is 22.6 Å². The number of fused-ring (bicyclic) bond motifs is 1. The minimum Gasteiger partial charge on any atom is -0.266 e. The number of nitrogens with zero attached hydrogens (tertiary/aromatic N) is 3. The van der Waals surface area contributed by atoms with E-state index in [1.165, 1.54) is 17.7 Å². The van der Waals surface area contributed by atoms with Crippen LogP contribution < -0.4 is 5.56 Å². The molecule has 0 bridgehead atoms. The third kappa shape index (κ3) is 2.78. The fourth-order valence-electron chi connectivity index (χ4n) is 3.56. The highest BCUT2D eigenvalue weighted by Gasteiger charge is 2.48. The SMILES string of the molecule is CC1CC(c2nc3cccnc3c(=O)n2-c2ccc(Cl)cc2)CC1(F)F. The number of rotatable bonds is 2. The largest absolute Gasteiger partial charge is 0.284 e. The molecule has 1 aromatic carbocycles. The summed E-state index contributed by atoms with van der Waals surface area (Å²) in [6.07, 6.45) is 1.47. The van der Waals surface area contributed by atoms with Crippen molar-refractivity contribution < 1.29 is 8.78 Å². The lowest BCUT2D eigenvalue weighted by Gasteiger charge is -2.18. The summed E-state index contributed by atoms with van der Waals surface area (Å²) in [6.45, 7) is 1.54. The minimum atomic E-state index is -2.77. The second kappa shape index (κ2) is 6.13. The molecule has 0 saturated heterocycles. The highest BCUT2D eigenvalue weighted by Crippen LogP contribution is 2.47. The number of halogens is 3. The molecule has 4 rings (SSSR count). The second-order valence-corrected chi connectivity index (χ2v) is 7.19. The van der Waals surface area contributed by atoms with Gasteiger partial charge in [-0.2, -0.15) is 0 Å². The van der Waals surface area contributed by atoms with Crippen LogP contribution in [0.1, 0.15) is 31.5 Å². The molecule has 2 atom stereocenters. The summed E-state index contributed by atoms with van der Waals surface area (Å²) >= 11 is 5.94. The van der Waals surface area contributed by atoms with Crippen LogP contribution in [0.5, 0.6) is 0 Å². The molecule has 134 valence electrons. The van der Waals surface area contributed by atoms with Gasteiger partial charge < -0.3 is 0 Å². The van der Waals surface area contributed by atoms with Gasteiger partial charge in [0.15, 0.2) is 5.52 Å². The van der Waals surface area contributed by atoms with Gasteiger partial charge in [-0.05, 0) is 42.8 Å². The first kappa shape index (κ1) is 17.1. The highest BCUT2D eigenvalue weighted by atomic mass is 35.5. The van der Waals surface area contributed by atoms with E-state index in [0.29, 0.717) is 22.1 Å². The Kier molecular flexibility index (Phi) is 4.03. The maximum atomic E-state index is 14.1. The number of hydrogen-bond donors (Lipinski definition) is 0. The van der Waals surface area contributed by atoms with Crippen LogP contribution in [0.3, 0.4) is 0 Å². The molecule has 4 nitrogen and oxygen atoms in total. The van der Waals surface area contributed by atoms with E-state index in [1.54, 1.807) is 36.4 Å². The standard InChI is InChI=1S/C19H16ClF2N3O/c1-11-9-12(10-19(11,21)22)17-24-15-3-2-8-23-16(15)18(26)25(17)14-6-4-13(20)5-7-14/h2-8,11-12H,9-10H2,1H3. The highest BCUT2D eigenvalue weighted by molar-refractivity contribution is 6.30.